The van der Waals surface area contributed by atoms with Gasteiger partial charge in [-0.3, -0.25) is 33.6 Å². The van der Waals surface area contributed by atoms with E-state index in [4.69, 9.17) is 16.6 Å². The first-order chi connectivity index (χ1) is 20.3. The Hall–Kier alpha value is -4.32. The van der Waals surface area contributed by atoms with Crippen molar-refractivity contribution in [3.63, 3.8) is 0 Å². The van der Waals surface area contributed by atoms with E-state index in [0.29, 0.717) is 0 Å². The largest absolute Gasteiger partial charge is 0.481 e. The molecule has 44 heavy (non-hydrogen) atoms. The summed E-state index contributed by atoms with van der Waals surface area (Å²) in [4.78, 5) is 97.2. The van der Waals surface area contributed by atoms with Crippen molar-refractivity contribution in [2.24, 2.45) is 23.3 Å². The second kappa shape index (κ2) is 19.1. The predicted molar refractivity (Wildman–Crippen MR) is 153 cm³/mol. The third-order valence-corrected chi connectivity index (χ3v) is 6.36. The number of nitrogens with two attached hydrogens (primary N) is 2. The zero-order chi connectivity index (χ0) is 34.3. The van der Waals surface area contributed by atoms with Crippen molar-refractivity contribution >= 4 is 47.4 Å². The third kappa shape index (κ3) is 14.2. The molecule has 0 saturated carbocycles. The number of hydrogen-bond donors (Lipinski definition) is 10. The smallest absolute Gasteiger partial charge is 0.326 e. The Morgan fingerprint density at radius 3 is 1.57 bits per heavy atom. The summed E-state index contributed by atoms with van der Waals surface area (Å²) in [6, 6.07) is -8.03. The summed E-state index contributed by atoms with van der Waals surface area (Å²) in [7, 11) is 0. The molecule has 0 aromatic rings. The zero-order valence-corrected chi connectivity index (χ0v) is 25.4. The molecule has 12 N–H and O–H groups in total. The molecule has 0 heterocycles. The van der Waals surface area contributed by atoms with Crippen LogP contribution in [0.2, 0.25) is 0 Å². The number of rotatable bonds is 20. The van der Waals surface area contributed by atoms with E-state index in [1.165, 1.54) is 6.92 Å². The minimum atomic E-state index is -1.58. The molecule has 18 heteroatoms. The monoisotopic (exact) mass is 631 g/mol. The Bertz CT molecular complexity index is 1070. The Morgan fingerprint density at radius 1 is 0.614 bits per heavy atom. The fraction of sp³-hybridized carbons (Fsp3) is 0.692. The van der Waals surface area contributed by atoms with Gasteiger partial charge in [-0.2, -0.15) is 0 Å². The lowest BCUT2D eigenvalue weighted by atomic mass is 10.0. The zero-order valence-electron chi connectivity index (χ0n) is 25.4. The van der Waals surface area contributed by atoms with Gasteiger partial charge in [0.25, 0.3) is 0 Å². The van der Waals surface area contributed by atoms with Gasteiger partial charge < -0.3 is 53.4 Å². The molecule has 0 rings (SSSR count). The lowest BCUT2D eigenvalue weighted by molar-refractivity contribution is -0.143. The van der Waals surface area contributed by atoms with Crippen LogP contribution in [0.25, 0.3) is 0 Å². The first-order valence-corrected chi connectivity index (χ1v) is 13.9. The van der Waals surface area contributed by atoms with Gasteiger partial charge in [-0.05, 0) is 31.6 Å². The molecule has 0 saturated heterocycles. The standard InChI is InChI=1S/C26H45N7O11/c1-11(2)19(32-23(40)15(7-8-17(28)35)30-22(39)14(27)6-9-18(36)37)25(42)31-16(10-34)24(41)29-13(5)21(38)33-20(12(3)4)26(43)44/h11-16,19-20,34H,6-10,27H2,1-5H3,(H2,28,35)(H,29,41)(H,30,39)(H,31,42)(H,32,40)(H,33,38)(H,36,37)(H,43,44)/t13-,14-,15-,16-,19-,20-/m0/s1. The summed E-state index contributed by atoms with van der Waals surface area (Å²) < 4.78 is 0. The Morgan fingerprint density at radius 2 is 1.11 bits per heavy atom. The van der Waals surface area contributed by atoms with Crippen molar-refractivity contribution < 1.29 is 53.7 Å². The maximum atomic E-state index is 13.1. The molecule has 0 bridgehead atoms. The van der Waals surface area contributed by atoms with E-state index >= 15 is 0 Å². The molecule has 0 aliphatic rings. The number of aliphatic carboxylic acids is 2. The minimum Gasteiger partial charge on any atom is -0.481 e. The van der Waals surface area contributed by atoms with Gasteiger partial charge in [0.15, 0.2) is 0 Å². The number of hydrogen-bond acceptors (Lipinski definition) is 10. The van der Waals surface area contributed by atoms with Crippen molar-refractivity contribution in [3.05, 3.63) is 0 Å². The summed E-state index contributed by atoms with van der Waals surface area (Å²) in [5.41, 5.74) is 10.9. The molecular weight excluding hydrogens is 586 g/mol. The van der Waals surface area contributed by atoms with Crippen molar-refractivity contribution in [1.29, 1.82) is 0 Å². The molecule has 0 spiro atoms. The van der Waals surface area contributed by atoms with E-state index < -0.39 is 108 Å². The van der Waals surface area contributed by atoms with Gasteiger partial charge in [0, 0.05) is 12.8 Å². The molecule has 0 fully saturated rings. The molecule has 0 aromatic carbocycles. The molecule has 6 atom stereocenters. The molecule has 0 aliphatic carbocycles. The Kier molecular flexibility index (Phi) is 17.2. The summed E-state index contributed by atoms with van der Waals surface area (Å²) in [5.74, 6) is -8.79. The van der Waals surface area contributed by atoms with Crippen molar-refractivity contribution in [2.75, 3.05) is 6.61 Å². The first kappa shape index (κ1) is 39.7. The van der Waals surface area contributed by atoms with Gasteiger partial charge in [-0.15, -0.1) is 0 Å². The van der Waals surface area contributed by atoms with Crippen LogP contribution in [0.1, 0.15) is 60.3 Å². The second-order valence-electron chi connectivity index (χ2n) is 10.9. The average molecular weight is 632 g/mol. The molecule has 0 aliphatic heterocycles. The summed E-state index contributed by atoms with van der Waals surface area (Å²) in [6.45, 7) is 6.63. The number of nitrogens with one attached hydrogen (secondary N) is 5. The third-order valence-electron chi connectivity index (χ3n) is 6.36. The van der Waals surface area contributed by atoms with Gasteiger partial charge in [0.2, 0.25) is 35.4 Å². The minimum absolute atomic E-state index is 0.231. The molecule has 0 unspecified atom stereocenters. The SMILES string of the molecule is CC(C)[C@H](NC(=O)[C@H](C)NC(=O)[C@H](CO)NC(=O)[C@@H](NC(=O)[C@H](CCC(N)=O)NC(=O)[C@@H](N)CCC(=O)O)C(C)C)C(=O)O. The van der Waals surface area contributed by atoms with E-state index in [-0.39, 0.29) is 19.3 Å². The van der Waals surface area contributed by atoms with E-state index in [9.17, 15) is 48.6 Å². The average Bonchev–Trinajstić information content (AvgIpc) is 2.92. The molecule has 6 amide bonds. The van der Waals surface area contributed by atoms with Crippen molar-refractivity contribution in [3.8, 4) is 0 Å². The number of carboxylic acid groups (broad SMARTS) is 2. The Balaban J connectivity index is 5.58. The van der Waals surface area contributed by atoms with Crippen molar-refractivity contribution in [1.82, 2.24) is 26.6 Å². The summed E-state index contributed by atoms with van der Waals surface area (Å²) in [5, 5.41) is 39.4. The van der Waals surface area contributed by atoms with Gasteiger partial charge in [-0.1, -0.05) is 27.7 Å². The quantitative estimate of drug-likeness (QED) is 0.0620. The molecule has 0 aromatic heterocycles. The maximum absolute atomic E-state index is 13.1. The van der Waals surface area contributed by atoms with E-state index in [2.05, 4.69) is 26.6 Å². The van der Waals surface area contributed by atoms with Crippen LogP contribution in [0.4, 0.5) is 0 Å². The van der Waals surface area contributed by atoms with E-state index in [1.54, 1.807) is 27.7 Å². The fourth-order valence-electron chi connectivity index (χ4n) is 3.66. The number of primary amides is 1. The van der Waals surface area contributed by atoms with Crippen LogP contribution in [0.15, 0.2) is 0 Å². The van der Waals surface area contributed by atoms with E-state index in [0.717, 1.165) is 0 Å². The predicted octanol–water partition coefficient (Wildman–Crippen LogP) is -3.72. The molecular formula is C26H45N7O11. The molecule has 18 nitrogen and oxygen atoms in total. The van der Waals surface area contributed by atoms with Gasteiger partial charge in [-0.25, -0.2) is 4.79 Å². The number of aliphatic hydroxyl groups is 1. The lowest BCUT2D eigenvalue weighted by Gasteiger charge is -2.27. The van der Waals surface area contributed by atoms with Gasteiger partial charge in [0.05, 0.1) is 12.6 Å². The first-order valence-electron chi connectivity index (χ1n) is 13.9. The summed E-state index contributed by atoms with van der Waals surface area (Å²) in [6.07, 6.45) is -1.24. The van der Waals surface area contributed by atoms with Crippen LogP contribution in [-0.4, -0.2) is 106 Å². The molecule has 250 valence electrons. The highest BCUT2D eigenvalue weighted by molar-refractivity contribution is 5.96. The highest BCUT2D eigenvalue weighted by Crippen LogP contribution is 2.07. The summed E-state index contributed by atoms with van der Waals surface area (Å²) >= 11 is 0. The number of carboxylic acids is 2. The number of carbonyl (C=O) groups excluding carboxylic acids is 6. The van der Waals surface area contributed by atoms with Crippen molar-refractivity contribution in [2.45, 2.75) is 96.6 Å². The highest BCUT2D eigenvalue weighted by atomic mass is 16.4. The Labute approximate surface area is 254 Å². The topological polar surface area (TPSA) is 309 Å². The number of aliphatic hydroxyl groups excluding tert-OH is 1. The van der Waals surface area contributed by atoms with Crippen LogP contribution >= 0.6 is 0 Å². The fourth-order valence-corrected chi connectivity index (χ4v) is 3.66. The van der Waals surface area contributed by atoms with E-state index in [1.807, 2.05) is 0 Å². The van der Waals surface area contributed by atoms with Crippen LogP contribution in [0, 0.1) is 11.8 Å². The number of amides is 6. The second-order valence-corrected chi connectivity index (χ2v) is 10.9. The van der Waals surface area contributed by atoms with Crippen LogP contribution in [-0.2, 0) is 38.4 Å². The van der Waals surface area contributed by atoms with Gasteiger partial charge in [0.1, 0.15) is 30.2 Å². The normalized spacial score (nSPS) is 15.1. The number of carbonyl (C=O) groups is 8. The lowest BCUT2D eigenvalue weighted by Crippen LogP contribution is -2.60. The molecule has 0 radical (unpaired) electrons. The van der Waals surface area contributed by atoms with Crippen LogP contribution < -0.4 is 38.1 Å². The van der Waals surface area contributed by atoms with Crippen LogP contribution in [0.3, 0.4) is 0 Å². The van der Waals surface area contributed by atoms with Gasteiger partial charge >= 0.3 is 11.9 Å². The maximum Gasteiger partial charge on any atom is 0.326 e. The van der Waals surface area contributed by atoms with Crippen LogP contribution in [0.5, 0.6) is 0 Å². The highest BCUT2D eigenvalue weighted by Gasteiger charge is 2.33.